The molecule has 3 atom stereocenters. The van der Waals surface area contributed by atoms with Crippen molar-refractivity contribution in [2.75, 3.05) is 11.6 Å². The lowest BCUT2D eigenvalue weighted by Crippen LogP contribution is -2.57. The van der Waals surface area contributed by atoms with Crippen molar-refractivity contribution in [2.45, 2.75) is 30.7 Å². The van der Waals surface area contributed by atoms with Crippen LogP contribution < -0.4 is 5.32 Å². The number of rotatable bonds is 6. The molecule has 8 heteroatoms. The van der Waals surface area contributed by atoms with Crippen LogP contribution in [-0.4, -0.2) is 56.8 Å². The fourth-order valence-corrected chi connectivity index (χ4v) is 3.52. The molecule has 2 N–H and O–H groups in total. The maximum absolute atomic E-state index is 12.8. The first-order valence-corrected chi connectivity index (χ1v) is 9.21. The average molecular weight is 368 g/mol. The van der Waals surface area contributed by atoms with Gasteiger partial charge >= 0.3 is 5.97 Å². The Kier molecular flexibility index (Phi) is 6.70. The molecule has 1 aromatic rings. The third-order valence-electron chi connectivity index (χ3n) is 3.72. The van der Waals surface area contributed by atoms with E-state index in [0.717, 1.165) is 10.5 Å². The summed E-state index contributed by atoms with van der Waals surface area (Å²) in [5.74, 6) is -1.19. The lowest BCUT2D eigenvalue weighted by Gasteiger charge is -2.30. The van der Waals surface area contributed by atoms with Crippen molar-refractivity contribution < 1.29 is 19.5 Å². The minimum Gasteiger partial charge on any atom is -0.480 e. The fraction of sp³-hybridized carbons (Fsp3) is 0.438. The van der Waals surface area contributed by atoms with Gasteiger partial charge in [-0.2, -0.15) is 12.6 Å². The number of carbonyl (C=O) groups is 3. The minimum absolute atomic E-state index is 0.0635. The van der Waals surface area contributed by atoms with E-state index in [1.807, 2.05) is 6.07 Å². The minimum atomic E-state index is -1.26. The molecule has 2 rings (SSSR count). The van der Waals surface area contributed by atoms with E-state index < -0.39 is 35.1 Å². The van der Waals surface area contributed by atoms with E-state index in [2.05, 4.69) is 17.9 Å². The Labute approximate surface area is 150 Å². The summed E-state index contributed by atoms with van der Waals surface area (Å²) in [4.78, 5) is 37.9. The van der Waals surface area contributed by atoms with Crippen LogP contribution in [0.3, 0.4) is 0 Å². The molecule has 24 heavy (non-hydrogen) atoms. The molecule has 6 nitrogen and oxygen atoms in total. The second-order valence-electron chi connectivity index (χ2n) is 5.54. The Balaban J connectivity index is 2.31. The van der Waals surface area contributed by atoms with Crippen molar-refractivity contribution in [3.05, 3.63) is 35.9 Å². The fourth-order valence-electron chi connectivity index (χ4n) is 2.47. The number of nitrogens with zero attached hydrogens (tertiary/aromatic N) is 1. The lowest BCUT2D eigenvalue weighted by atomic mass is 10.0. The first kappa shape index (κ1) is 18.8. The molecule has 1 fully saturated rings. The first-order valence-electron chi connectivity index (χ1n) is 7.54. The summed E-state index contributed by atoms with van der Waals surface area (Å²) >= 11 is 5.63. The summed E-state index contributed by atoms with van der Waals surface area (Å²) in [5.41, 5.74) is 0.746. The number of thiol groups is 1. The van der Waals surface area contributed by atoms with Gasteiger partial charge in [-0.15, -0.1) is 11.8 Å². The van der Waals surface area contributed by atoms with E-state index in [-0.39, 0.29) is 6.42 Å². The number of nitrogens with one attached hydrogen (secondary N) is 1. The number of carboxylic acid groups (broad SMARTS) is 1. The monoisotopic (exact) mass is 368 g/mol. The molecule has 0 spiro atoms. The molecule has 0 aliphatic carbocycles. The topological polar surface area (TPSA) is 86.7 Å². The molecule has 2 amide bonds. The molecule has 1 saturated heterocycles. The molecular weight excluding hydrogens is 348 g/mol. The van der Waals surface area contributed by atoms with Gasteiger partial charge < -0.3 is 5.11 Å². The van der Waals surface area contributed by atoms with E-state index >= 15 is 0 Å². The smallest absolute Gasteiger partial charge is 0.327 e. The van der Waals surface area contributed by atoms with Crippen molar-refractivity contribution >= 4 is 42.2 Å². The van der Waals surface area contributed by atoms with E-state index in [0.29, 0.717) is 11.6 Å². The molecule has 1 aromatic carbocycles. The van der Waals surface area contributed by atoms with Gasteiger partial charge in [0.2, 0.25) is 11.8 Å². The molecule has 0 aromatic heterocycles. The maximum Gasteiger partial charge on any atom is 0.327 e. The van der Waals surface area contributed by atoms with Crippen LogP contribution in [0.1, 0.15) is 12.5 Å². The zero-order valence-electron chi connectivity index (χ0n) is 13.2. The second-order valence-corrected chi connectivity index (χ2v) is 7.34. The van der Waals surface area contributed by atoms with Crippen LogP contribution in [-0.2, 0) is 20.8 Å². The predicted octanol–water partition coefficient (Wildman–Crippen LogP) is 1.02. The third-order valence-corrected chi connectivity index (χ3v) is 4.88. The second kappa shape index (κ2) is 8.55. The SMILES string of the molecule is CC(S)C(=O)N(C(=O)C1CSCN1)[C@@H](Cc1ccccc1)C(=O)O. The number of imide groups is 1. The third kappa shape index (κ3) is 4.52. The first-order chi connectivity index (χ1) is 11.4. The van der Waals surface area contributed by atoms with Crippen LogP contribution in [0.4, 0.5) is 0 Å². The van der Waals surface area contributed by atoms with E-state index in [1.54, 1.807) is 24.3 Å². The van der Waals surface area contributed by atoms with Gasteiger partial charge in [0.05, 0.1) is 11.3 Å². The Morgan fingerprint density at radius 2 is 2.04 bits per heavy atom. The van der Waals surface area contributed by atoms with Gasteiger partial charge in [-0.3, -0.25) is 19.8 Å². The predicted molar refractivity (Wildman–Crippen MR) is 96.1 cm³/mol. The number of benzene rings is 1. The van der Waals surface area contributed by atoms with Gasteiger partial charge in [-0.1, -0.05) is 30.3 Å². The number of thioether (sulfide) groups is 1. The molecule has 2 unspecified atom stereocenters. The van der Waals surface area contributed by atoms with Gasteiger partial charge in [0.1, 0.15) is 6.04 Å². The van der Waals surface area contributed by atoms with Gasteiger partial charge in [0.25, 0.3) is 0 Å². The standard InChI is InChI=1S/C16H20N2O4S2/c1-10(23)14(19)18(15(20)12-8-24-9-17-12)13(16(21)22)7-11-5-3-2-4-6-11/h2-6,10,12-13,17,23H,7-9H2,1H3,(H,21,22)/t10?,12?,13-/m0/s1. The summed E-state index contributed by atoms with van der Waals surface area (Å²) in [6.45, 7) is 1.53. The van der Waals surface area contributed by atoms with E-state index in [1.165, 1.54) is 18.7 Å². The van der Waals surface area contributed by atoms with Gasteiger partial charge in [0, 0.05) is 18.1 Å². The number of carbonyl (C=O) groups excluding carboxylic acids is 2. The van der Waals surface area contributed by atoms with Crippen LogP contribution in [0.15, 0.2) is 30.3 Å². The lowest BCUT2D eigenvalue weighted by molar-refractivity contribution is -0.158. The summed E-state index contributed by atoms with van der Waals surface area (Å²) in [6, 6.07) is 7.14. The number of carboxylic acids is 1. The Hall–Kier alpha value is -1.51. The highest BCUT2D eigenvalue weighted by atomic mass is 32.2. The van der Waals surface area contributed by atoms with Gasteiger partial charge in [0.15, 0.2) is 0 Å². The zero-order chi connectivity index (χ0) is 17.7. The highest BCUT2D eigenvalue weighted by Gasteiger charge is 2.40. The number of hydrogen-bond donors (Lipinski definition) is 3. The van der Waals surface area contributed by atoms with Crippen molar-refractivity contribution in [1.82, 2.24) is 10.2 Å². The molecule has 1 aliphatic rings. The molecule has 130 valence electrons. The summed E-state index contributed by atoms with van der Waals surface area (Å²) in [5, 5.41) is 11.9. The average Bonchev–Trinajstić information content (AvgIpc) is 3.09. The van der Waals surface area contributed by atoms with E-state index in [9.17, 15) is 19.5 Å². The summed E-state index contributed by atoms with van der Waals surface area (Å²) in [6.07, 6.45) is 0.0635. The number of amides is 2. The van der Waals surface area contributed by atoms with Crippen LogP contribution in [0.2, 0.25) is 0 Å². The van der Waals surface area contributed by atoms with Crippen molar-refractivity contribution in [3.63, 3.8) is 0 Å². The molecule has 1 heterocycles. The van der Waals surface area contributed by atoms with Crippen LogP contribution in [0.25, 0.3) is 0 Å². The largest absolute Gasteiger partial charge is 0.480 e. The van der Waals surface area contributed by atoms with Crippen molar-refractivity contribution in [3.8, 4) is 0 Å². The Morgan fingerprint density at radius 3 is 2.54 bits per heavy atom. The number of hydrogen-bond acceptors (Lipinski definition) is 6. The van der Waals surface area contributed by atoms with Gasteiger partial charge in [-0.25, -0.2) is 4.79 Å². The zero-order valence-corrected chi connectivity index (χ0v) is 14.9. The summed E-state index contributed by atoms with van der Waals surface area (Å²) < 4.78 is 0. The molecule has 0 radical (unpaired) electrons. The molecule has 0 saturated carbocycles. The van der Waals surface area contributed by atoms with E-state index in [4.69, 9.17) is 0 Å². The summed E-state index contributed by atoms with van der Waals surface area (Å²) in [7, 11) is 0. The van der Waals surface area contributed by atoms with Crippen LogP contribution in [0, 0.1) is 0 Å². The molecule has 0 bridgehead atoms. The maximum atomic E-state index is 12.8. The van der Waals surface area contributed by atoms with Gasteiger partial charge in [-0.05, 0) is 12.5 Å². The Morgan fingerprint density at radius 1 is 1.38 bits per heavy atom. The van der Waals surface area contributed by atoms with Crippen molar-refractivity contribution in [2.24, 2.45) is 0 Å². The van der Waals surface area contributed by atoms with Crippen LogP contribution >= 0.6 is 24.4 Å². The highest BCUT2D eigenvalue weighted by Crippen LogP contribution is 2.18. The molecular formula is C16H20N2O4S2. The van der Waals surface area contributed by atoms with Crippen LogP contribution in [0.5, 0.6) is 0 Å². The highest BCUT2D eigenvalue weighted by molar-refractivity contribution is 7.99. The normalized spacial score (nSPS) is 19.5. The molecule has 1 aliphatic heterocycles. The van der Waals surface area contributed by atoms with Crippen molar-refractivity contribution in [1.29, 1.82) is 0 Å². The Bertz CT molecular complexity index is 603. The number of aliphatic carboxylic acids is 1. The quantitative estimate of drug-likeness (QED) is 0.650.